The summed E-state index contributed by atoms with van der Waals surface area (Å²) in [6, 6.07) is 0. The van der Waals surface area contributed by atoms with Gasteiger partial charge < -0.3 is 4.90 Å². The molecule has 2 rings (SSSR count). The molecule has 0 N–H and O–H groups in total. The number of hydrogen-bond acceptors (Lipinski definition) is 3. The molecule has 1 aliphatic heterocycles. The van der Waals surface area contributed by atoms with Gasteiger partial charge in [0.15, 0.2) is 5.13 Å². The van der Waals surface area contributed by atoms with E-state index in [-0.39, 0.29) is 0 Å². The van der Waals surface area contributed by atoms with Crippen molar-refractivity contribution in [1.82, 2.24) is 4.98 Å². The van der Waals surface area contributed by atoms with Crippen molar-refractivity contribution in [1.29, 1.82) is 0 Å². The fourth-order valence-corrected chi connectivity index (χ4v) is 2.47. The lowest BCUT2D eigenvalue weighted by molar-refractivity contribution is -0.134. The summed E-state index contributed by atoms with van der Waals surface area (Å²) in [5.74, 6) is 0.545. The molecule has 0 aromatic carbocycles. The molecule has 1 aromatic heterocycles. The zero-order valence-corrected chi connectivity index (χ0v) is 9.03. The lowest BCUT2D eigenvalue weighted by Gasteiger charge is -2.13. The number of nitrogens with zero attached hydrogens (tertiary/aromatic N) is 2. The maximum atomic E-state index is 12.3. The molecule has 84 valence electrons. The van der Waals surface area contributed by atoms with Crippen LogP contribution in [0.2, 0.25) is 0 Å². The third-order valence-electron chi connectivity index (χ3n) is 2.47. The van der Waals surface area contributed by atoms with E-state index in [0.29, 0.717) is 11.0 Å². The van der Waals surface area contributed by atoms with E-state index in [1.165, 1.54) is 0 Å². The van der Waals surface area contributed by atoms with Gasteiger partial charge in [0, 0.05) is 13.1 Å². The SMILES string of the molecule is CC1CCN(c2ncc(C(F)(F)F)s2)C1. The molecule has 1 fully saturated rings. The highest BCUT2D eigenvalue weighted by molar-refractivity contribution is 7.15. The first kappa shape index (κ1) is 10.7. The quantitative estimate of drug-likeness (QED) is 0.745. The minimum absolute atomic E-state index is 0.492. The van der Waals surface area contributed by atoms with Crippen molar-refractivity contribution in [3.63, 3.8) is 0 Å². The Bertz CT molecular complexity index is 347. The Kier molecular flexibility index (Phi) is 2.62. The van der Waals surface area contributed by atoms with Gasteiger partial charge in [-0.25, -0.2) is 4.98 Å². The number of hydrogen-bond donors (Lipinski definition) is 0. The Hall–Kier alpha value is -0.780. The maximum absolute atomic E-state index is 12.3. The predicted molar refractivity (Wildman–Crippen MR) is 53.1 cm³/mol. The zero-order chi connectivity index (χ0) is 11.1. The molecular formula is C9H11F3N2S. The number of alkyl halides is 3. The smallest absolute Gasteiger partial charge is 0.348 e. The molecule has 0 radical (unpaired) electrons. The van der Waals surface area contributed by atoms with Crippen LogP contribution in [-0.4, -0.2) is 18.1 Å². The van der Waals surface area contributed by atoms with E-state index in [1.54, 1.807) is 0 Å². The lowest BCUT2D eigenvalue weighted by Crippen LogP contribution is -2.18. The summed E-state index contributed by atoms with van der Waals surface area (Å²) in [6.45, 7) is 3.72. The number of halogens is 3. The van der Waals surface area contributed by atoms with E-state index in [9.17, 15) is 13.2 Å². The maximum Gasteiger partial charge on any atom is 0.427 e. The third kappa shape index (κ3) is 2.25. The molecule has 15 heavy (non-hydrogen) atoms. The fourth-order valence-electron chi connectivity index (χ4n) is 1.65. The number of rotatable bonds is 1. The zero-order valence-electron chi connectivity index (χ0n) is 8.21. The van der Waals surface area contributed by atoms with Gasteiger partial charge in [-0.15, -0.1) is 0 Å². The Labute approximate surface area is 89.7 Å². The van der Waals surface area contributed by atoms with Gasteiger partial charge in [0.25, 0.3) is 0 Å². The summed E-state index contributed by atoms with van der Waals surface area (Å²) in [7, 11) is 0. The van der Waals surface area contributed by atoms with Crippen LogP contribution in [0.15, 0.2) is 6.20 Å². The van der Waals surface area contributed by atoms with E-state index in [2.05, 4.69) is 11.9 Å². The van der Waals surface area contributed by atoms with Gasteiger partial charge in [-0.2, -0.15) is 13.2 Å². The topological polar surface area (TPSA) is 16.1 Å². The van der Waals surface area contributed by atoms with Gasteiger partial charge in [-0.1, -0.05) is 18.3 Å². The van der Waals surface area contributed by atoms with Crippen LogP contribution in [-0.2, 0) is 6.18 Å². The van der Waals surface area contributed by atoms with E-state index >= 15 is 0 Å². The van der Waals surface area contributed by atoms with Gasteiger partial charge in [0.05, 0.1) is 6.20 Å². The van der Waals surface area contributed by atoms with Crippen molar-refractivity contribution in [2.45, 2.75) is 19.5 Å². The molecule has 1 atom stereocenters. The van der Waals surface area contributed by atoms with Crippen LogP contribution in [0.4, 0.5) is 18.3 Å². The van der Waals surface area contributed by atoms with Crippen molar-refractivity contribution >= 4 is 16.5 Å². The lowest BCUT2D eigenvalue weighted by atomic mass is 10.2. The predicted octanol–water partition coefficient (Wildman–Crippen LogP) is 3.01. The van der Waals surface area contributed by atoms with E-state index < -0.39 is 11.1 Å². The molecule has 0 bridgehead atoms. The van der Waals surface area contributed by atoms with Crippen LogP contribution < -0.4 is 4.90 Å². The van der Waals surface area contributed by atoms with Crippen molar-refractivity contribution in [3.05, 3.63) is 11.1 Å². The van der Waals surface area contributed by atoms with Crippen LogP contribution in [0.3, 0.4) is 0 Å². The average Bonchev–Trinajstić information content (AvgIpc) is 2.69. The Morgan fingerprint density at radius 3 is 2.73 bits per heavy atom. The van der Waals surface area contributed by atoms with Crippen molar-refractivity contribution in [2.24, 2.45) is 5.92 Å². The standard InChI is InChI=1S/C9H11F3N2S/c1-6-2-3-14(5-6)8-13-4-7(15-8)9(10,11)12/h4,6H,2-3,5H2,1H3. The van der Waals surface area contributed by atoms with E-state index in [0.717, 1.165) is 37.0 Å². The molecule has 1 unspecified atom stereocenters. The first-order valence-electron chi connectivity index (χ1n) is 4.75. The Morgan fingerprint density at radius 1 is 1.53 bits per heavy atom. The summed E-state index contributed by atoms with van der Waals surface area (Å²) in [4.78, 5) is 5.13. The molecule has 1 aromatic rings. The van der Waals surface area contributed by atoms with Crippen LogP contribution in [0.1, 0.15) is 18.2 Å². The second kappa shape index (κ2) is 3.66. The molecule has 0 aliphatic carbocycles. The largest absolute Gasteiger partial charge is 0.427 e. The van der Waals surface area contributed by atoms with E-state index in [1.807, 2.05) is 4.90 Å². The minimum Gasteiger partial charge on any atom is -0.348 e. The molecule has 2 nitrogen and oxygen atoms in total. The first-order valence-corrected chi connectivity index (χ1v) is 5.56. The Morgan fingerprint density at radius 2 is 2.27 bits per heavy atom. The highest BCUT2D eigenvalue weighted by atomic mass is 32.1. The van der Waals surface area contributed by atoms with Crippen molar-refractivity contribution in [2.75, 3.05) is 18.0 Å². The summed E-state index contributed by atoms with van der Waals surface area (Å²) >= 11 is 0.729. The Balaban J connectivity index is 2.14. The van der Waals surface area contributed by atoms with Crippen molar-refractivity contribution in [3.8, 4) is 0 Å². The molecule has 0 amide bonds. The van der Waals surface area contributed by atoms with Gasteiger partial charge in [-0.05, 0) is 12.3 Å². The number of aromatic nitrogens is 1. The summed E-state index contributed by atoms with van der Waals surface area (Å²) in [5.41, 5.74) is 0. The van der Waals surface area contributed by atoms with Crippen molar-refractivity contribution < 1.29 is 13.2 Å². The number of thiazole rings is 1. The van der Waals surface area contributed by atoms with Gasteiger partial charge in [0.1, 0.15) is 4.88 Å². The molecule has 1 aliphatic rings. The van der Waals surface area contributed by atoms with Crippen LogP contribution in [0.5, 0.6) is 0 Å². The summed E-state index contributed by atoms with van der Waals surface area (Å²) < 4.78 is 37.0. The average molecular weight is 236 g/mol. The fraction of sp³-hybridized carbons (Fsp3) is 0.667. The van der Waals surface area contributed by atoms with Gasteiger partial charge in [0.2, 0.25) is 0 Å². The normalized spacial score (nSPS) is 22.4. The second-order valence-corrected chi connectivity index (χ2v) is 4.85. The molecule has 6 heteroatoms. The first-order chi connectivity index (χ1) is 6.97. The summed E-state index contributed by atoms with van der Waals surface area (Å²) in [6.07, 6.45) is -2.31. The molecule has 0 spiro atoms. The highest BCUT2D eigenvalue weighted by Crippen LogP contribution is 2.37. The van der Waals surface area contributed by atoms with E-state index in [4.69, 9.17) is 0 Å². The van der Waals surface area contributed by atoms with Gasteiger partial charge in [-0.3, -0.25) is 0 Å². The van der Waals surface area contributed by atoms with Crippen LogP contribution in [0, 0.1) is 5.92 Å². The highest BCUT2D eigenvalue weighted by Gasteiger charge is 2.34. The third-order valence-corrected chi connectivity index (χ3v) is 3.57. The van der Waals surface area contributed by atoms with Gasteiger partial charge >= 0.3 is 6.18 Å². The van der Waals surface area contributed by atoms with Crippen LogP contribution >= 0.6 is 11.3 Å². The second-order valence-electron chi connectivity index (χ2n) is 3.84. The monoisotopic (exact) mass is 236 g/mol. The molecule has 0 saturated carbocycles. The van der Waals surface area contributed by atoms with Crippen LogP contribution in [0.25, 0.3) is 0 Å². The molecular weight excluding hydrogens is 225 g/mol. The number of anilines is 1. The molecule has 1 saturated heterocycles. The minimum atomic E-state index is -4.26. The summed E-state index contributed by atoms with van der Waals surface area (Å²) in [5, 5.41) is 0.492. The molecule has 2 heterocycles.